The second-order valence-corrected chi connectivity index (χ2v) is 8.67. The van der Waals surface area contributed by atoms with Crippen LogP contribution in [0.5, 0.6) is 0 Å². The van der Waals surface area contributed by atoms with E-state index in [0.717, 1.165) is 0 Å². The summed E-state index contributed by atoms with van der Waals surface area (Å²) >= 11 is 0. The number of carbonyl (C=O) groups excluding carboxylic acids is 3. The van der Waals surface area contributed by atoms with E-state index in [2.05, 4.69) is 4.98 Å². The number of fused-ring (bicyclic) bond motifs is 1. The van der Waals surface area contributed by atoms with Gasteiger partial charge in [-0.2, -0.15) is 0 Å². The van der Waals surface area contributed by atoms with Crippen LogP contribution >= 0.6 is 0 Å². The lowest BCUT2D eigenvalue weighted by atomic mass is 9.96. The van der Waals surface area contributed by atoms with Crippen molar-refractivity contribution in [1.82, 2.24) is 14.5 Å². The van der Waals surface area contributed by atoms with Crippen LogP contribution in [0.4, 0.5) is 4.39 Å². The molecule has 0 saturated carbocycles. The number of esters is 1. The van der Waals surface area contributed by atoms with Gasteiger partial charge in [-0.05, 0) is 56.5 Å². The maximum absolute atomic E-state index is 14.5. The fourth-order valence-corrected chi connectivity index (χ4v) is 4.07. The van der Waals surface area contributed by atoms with E-state index in [-0.39, 0.29) is 29.8 Å². The Morgan fingerprint density at radius 2 is 1.63 bits per heavy atom. The molecule has 1 N–H and O–H groups in total. The smallest absolute Gasteiger partial charge is 0.329 e. The number of amides is 1. The van der Waals surface area contributed by atoms with Crippen LogP contribution in [0.1, 0.15) is 56.5 Å². The lowest BCUT2D eigenvalue weighted by Gasteiger charge is -2.31. The quantitative estimate of drug-likeness (QED) is 0.519. The predicted molar refractivity (Wildman–Crippen MR) is 143 cm³/mol. The van der Waals surface area contributed by atoms with Crippen molar-refractivity contribution in [2.45, 2.75) is 47.1 Å². The zero-order valence-electron chi connectivity index (χ0n) is 22.4. The van der Waals surface area contributed by atoms with Gasteiger partial charge in [-0.25, -0.2) is 9.18 Å². The zero-order chi connectivity index (χ0) is 28.4. The highest BCUT2D eigenvalue weighted by Gasteiger charge is 2.29. The van der Waals surface area contributed by atoms with Crippen molar-refractivity contribution in [2.75, 3.05) is 20.2 Å². The van der Waals surface area contributed by atoms with E-state index in [9.17, 15) is 28.4 Å². The minimum atomic E-state index is -0.660. The number of benzene rings is 2. The molecule has 0 aliphatic carbocycles. The molecule has 0 bridgehead atoms. The first-order valence-corrected chi connectivity index (χ1v) is 12.5. The number of hydrogen-bond acceptors (Lipinski definition) is 6. The SMILES string of the molecule is CC.CC(C)=O.COC(=O)C1CCN(C(=O)c2cc(Cn3c(=O)[nH]c(=O)c4ccccc43)ccc2F)CC1. The number of likely N-dealkylation sites (tertiary alicyclic amines) is 1. The molecule has 1 amide bonds. The van der Waals surface area contributed by atoms with Crippen LogP contribution in [0.25, 0.3) is 10.9 Å². The molecule has 2 heterocycles. The molecule has 204 valence electrons. The summed E-state index contributed by atoms with van der Waals surface area (Å²) in [5.74, 6) is -1.52. The van der Waals surface area contributed by atoms with Crippen molar-refractivity contribution in [3.63, 3.8) is 0 Å². The van der Waals surface area contributed by atoms with Gasteiger partial charge in [0.05, 0.1) is 36.0 Å². The molecule has 2 aromatic carbocycles. The molecule has 9 nitrogen and oxygen atoms in total. The van der Waals surface area contributed by atoms with Crippen LogP contribution in [0.3, 0.4) is 0 Å². The number of methoxy groups -OCH3 is 1. The topological polar surface area (TPSA) is 119 Å². The molecule has 1 saturated heterocycles. The summed E-state index contributed by atoms with van der Waals surface area (Å²) in [6.07, 6.45) is 0.914. The molecule has 1 aromatic heterocycles. The molecule has 38 heavy (non-hydrogen) atoms. The van der Waals surface area contributed by atoms with Gasteiger partial charge in [0.2, 0.25) is 0 Å². The van der Waals surface area contributed by atoms with E-state index in [4.69, 9.17) is 4.74 Å². The molecular weight excluding hydrogens is 493 g/mol. The first-order valence-electron chi connectivity index (χ1n) is 12.5. The van der Waals surface area contributed by atoms with Crippen LogP contribution in [0, 0.1) is 11.7 Å². The number of Topliss-reactive ketones (excluding diaryl/α,β-unsaturated/α-hetero) is 1. The number of hydrogen-bond donors (Lipinski definition) is 1. The zero-order valence-corrected chi connectivity index (χ0v) is 22.4. The highest BCUT2D eigenvalue weighted by molar-refractivity contribution is 5.95. The highest BCUT2D eigenvalue weighted by Crippen LogP contribution is 2.22. The summed E-state index contributed by atoms with van der Waals surface area (Å²) in [6, 6.07) is 10.8. The summed E-state index contributed by atoms with van der Waals surface area (Å²) in [7, 11) is 1.33. The Morgan fingerprint density at radius 1 is 1.03 bits per heavy atom. The average molecular weight is 528 g/mol. The van der Waals surface area contributed by atoms with Crippen molar-refractivity contribution in [3.05, 3.63) is 80.2 Å². The summed E-state index contributed by atoms with van der Waals surface area (Å²) in [5.41, 5.74) is -0.175. The molecule has 4 rings (SSSR count). The third-order valence-corrected chi connectivity index (χ3v) is 5.82. The number of halogens is 1. The number of aromatic amines is 1. The maximum atomic E-state index is 14.5. The van der Waals surface area contributed by atoms with Gasteiger partial charge in [0.25, 0.3) is 11.5 Å². The Labute approximate surface area is 220 Å². The van der Waals surface area contributed by atoms with E-state index in [1.807, 2.05) is 13.8 Å². The molecule has 1 aliphatic rings. The van der Waals surface area contributed by atoms with Crippen molar-refractivity contribution in [3.8, 4) is 0 Å². The number of aromatic nitrogens is 2. The molecule has 10 heteroatoms. The molecule has 0 spiro atoms. The Bertz CT molecular complexity index is 1400. The molecule has 0 radical (unpaired) electrons. The number of carbonyl (C=O) groups is 3. The Morgan fingerprint density at radius 3 is 2.24 bits per heavy atom. The van der Waals surface area contributed by atoms with Gasteiger partial charge >= 0.3 is 11.7 Å². The molecule has 3 aromatic rings. The number of nitrogens with zero attached hydrogens (tertiary/aromatic N) is 2. The fraction of sp³-hybridized carbons (Fsp3) is 0.393. The lowest BCUT2D eigenvalue weighted by Crippen LogP contribution is -2.40. The van der Waals surface area contributed by atoms with Crippen molar-refractivity contribution in [2.24, 2.45) is 5.92 Å². The second kappa shape index (κ2) is 14.0. The number of piperidine rings is 1. The monoisotopic (exact) mass is 527 g/mol. The van der Waals surface area contributed by atoms with Crippen LogP contribution in [0.15, 0.2) is 52.1 Å². The summed E-state index contributed by atoms with van der Waals surface area (Å²) < 4.78 is 20.7. The lowest BCUT2D eigenvalue weighted by molar-refractivity contribution is -0.146. The van der Waals surface area contributed by atoms with Gasteiger partial charge in [-0.15, -0.1) is 0 Å². The minimum Gasteiger partial charge on any atom is -0.469 e. The van der Waals surface area contributed by atoms with Gasteiger partial charge in [0, 0.05) is 13.1 Å². The fourth-order valence-electron chi connectivity index (χ4n) is 4.07. The van der Waals surface area contributed by atoms with Crippen molar-refractivity contribution >= 4 is 28.6 Å². The van der Waals surface area contributed by atoms with Gasteiger partial charge in [-0.3, -0.25) is 23.9 Å². The van der Waals surface area contributed by atoms with Crippen LogP contribution in [-0.2, 0) is 20.9 Å². The molecule has 1 aliphatic heterocycles. The number of H-pyrrole nitrogens is 1. The number of para-hydroxylation sites is 1. The minimum absolute atomic E-state index is 0.0566. The van der Waals surface area contributed by atoms with E-state index in [0.29, 0.717) is 42.4 Å². The molecular formula is C28H34FN3O6. The molecule has 0 unspecified atom stereocenters. The van der Waals surface area contributed by atoms with Gasteiger partial charge in [-0.1, -0.05) is 32.0 Å². The third kappa shape index (κ3) is 7.47. The van der Waals surface area contributed by atoms with Gasteiger partial charge in [0.15, 0.2) is 0 Å². The van der Waals surface area contributed by atoms with Crippen LogP contribution in [0.2, 0.25) is 0 Å². The highest BCUT2D eigenvalue weighted by atomic mass is 19.1. The molecule has 1 fully saturated rings. The summed E-state index contributed by atoms with van der Waals surface area (Å²) in [5, 5.41) is 0.360. The van der Waals surface area contributed by atoms with E-state index in [1.54, 1.807) is 24.3 Å². The molecule has 0 atom stereocenters. The van der Waals surface area contributed by atoms with Crippen LogP contribution in [-0.4, -0.2) is 52.3 Å². The van der Waals surface area contributed by atoms with E-state index in [1.165, 1.54) is 48.6 Å². The number of ketones is 1. The first kappa shape index (κ1) is 30.1. The van der Waals surface area contributed by atoms with Gasteiger partial charge in [0.1, 0.15) is 11.6 Å². The second-order valence-electron chi connectivity index (χ2n) is 8.67. The summed E-state index contributed by atoms with van der Waals surface area (Å²) in [4.78, 5) is 62.4. The number of ether oxygens (including phenoxy) is 1. The maximum Gasteiger partial charge on any atom is 0.329 e. The van der Waals surface area contributed by atoms with E-state index < -0.39 is 23.0 Å². The van der Waals surface area contributed by atoms with E-state index >= 15 is 0 Å². The average Bonchev–Trinajstić information content (AvgIpc) is 2.92. The summed E-state index contributed by atoms with van der Waals surface area (Å²) in [6.45, 7) is 7.76. The van der Waals surface area contributed by atoms with Crippen molar-refractivity contribution in [1.29, 1.82) is 0 Å². The van der Waals surface area contributed by atoms with Gasteiger partial charge < -0.3 is 14.4 Å². The first-order chi connectivity index (χ1) is 18.1. The van der Waals surface area contributed by atoms with Crippen LogP contribution < -0.4 is 11.2 Å². The Balaban J connectivity index is 0.000000773. The Kier molecular flexibility index (Phi) is 11.1. The number of nitrogens with one attached hydrogen (secondary N) is 1. The number of rotatable bonds is 4. The normalized spacial score (nSPS) is 13.1. The Hall–Kier alpha value is -4.08. The standard InChI is InChI=1S/C23H22FN3O5.C3H6O.C2H6/c1-32-22(30)15-8-10-26(11-9-15)21(29)17-12-14(6-7-18(17)24)13-27-19-5-3-2-4-16(19)20(28)25-23(27)31;1-3(2)4;1-2/h2-7,12,15H,8-11,13H2,1H3,(H,25,28,31);1-2H3;1-2H3. The predicted octanol–water partition coefficient (Wildman–Crippen LogP) is 3.52. The largest absolute Gasteiger partial charge is 0.469 e. The third-order valence-electron chi connectivity index (χ3n) is 5.82. The van der Waals surface area contributed by atoms with Crippen molar-refractivity contribution < 1.29 is 23.5 Å².